The second kappa shape index (κ2) is 3.49. The van der Waals surface area contributed by atoms with Crippen LogP contribution in [0, 0.1) is 0 Å². The van der Waals surface area contributed by atoms with Crippen molar-refractivity contribution in [1.82, 2.24) is 4.73 Å². The lowest BCUT2D eigenvalue weighted by atomic mass is 10.9. The van der Waals surface area contributed by atoms with E-state index >= 15 is 0 Å². The minimum absolute atomic E-state index is 0. The second-order valence-corrected chi connectivity index (χ2v) is 1.42. The first-order chi connectivity index (χ1) is 3.83. The standard InChI is InChI=1S/C5H7N2O.HI/c1-2-6-3-4-7(8)5-6;/h2-5,8H,1H2;1H/q+1;/p-1. The highest BCUT2D eigenvalue weighted by atomic mass is 127. The van der Waals surface area contributed by atoms with Gasteiger partial charge in [-0.25, -0.2) is 4.57 Å². The number of hydrogen-bond donors (Lipinski definition) is 1. The van der Waals surface area contributed by atoms with Crippen LogP contribution in [0.15, 0.2) is 25.3 Å². The van der Waals surface area contributed by atoms with Crippen molar-refractivity contribution in [3.63, 3.8) is 0 Å². The van der Waals surface area contributed by atoms with Crippen LogP contribution in [0.3, 0.4) is 0 Å². The van der Waals surface area contributed by atoms with Crippen LogP contribution in [0.1, 0.15) is 0 Å². The van der Waals surface area contributed by atoms with Crippen LogP contribution < -0.4 is 28.5 Å². The van der Waals surface area contributed by atoms with Gasteiger partial charge in [0.2, 0.25) is 0 Å². The van der Waals surface area contributed by atoms with Crippen molar-refractivity contribution in [3.05, 3.63) is 25.3 Å². The van der Waals surface area contributed by atoms with Gasteiger partial charge in [0.15, 0.2) is 6.20 Å². The van der Waals surface area contributed by atoms with Gasteiger partial charge >= 0.3 is 0 Å². The predicted molar refractivity (Wildman–Crippen MR) is 28.2 cm³/mol. The van der Waals surface area contributed by atoms with Crippen molar-refractivity contribution in [3.8, 4) is 0 Å². The molecule has 0 bridgehead atoms. The van der Waals surface area contributed by atoms with Crippen molar-refractivity contribution in [2.45, 2.75) is 0 Å². The summed E-state index contributed by atoms with van der Waals surface area (Å²) in [6.07, 6.45) is 6.29. The van der Waals surface area contributed by atoms with E-state index in [1.807, 2.05) is 0 Å². The van der Waals surface area contributed by atoms with Crippen LogP contribution in [-0.4, -0.2) is 9.94 Å². The third-order valence-corrected chi connectivity index (χ3v) is 0.854. The molecule has 1 rings (SSSR count). The molecule has 1 aromatic rings. The van der Waals surface area contributed by atoms with Crippen molar-refractivity contribution in [2.24, 2.45) is 0 Å². The molecule has 0 fully saturated rings. The summed E-state index contributed by atoms with van der Waals surface area (Å²) in [6, 6.07) is 0. The molecule has 50 valence electrons. The Hall–Kier alpha value is -0.520. The second-order valence-electron chi connectivity index (χ2n) is 1.42. The van der Waals surface area contributed by atoms with Gasteiger partial charge in [0, 0.05) is 0 Å². The van der Waals surface area contributed by atoms with Gasteiger partial charge in [0.1, 0.15) is 6.20 Å². The van der Waals surface area contributed by atoms with E-state index in [1.165, 1.54) is 12.5 Å². The average molecular weight is 238 g/mol. The fraction of sp³-hybridized carbons (Fsp3) is 0. The molecular formula is C5H7IN2O. The first kappa shape index (κ1) is 8.48. The monoisotopic (exact) mass is 238 g/mol. The molecule has 0 saturated carbocycles. The Bertz CT molecular complexity index is 197. The van der Waals surface area contributed by atoms with Gasteiger partial charge in [-0.2, -0.15) is 0 Å². The molecule has 0 spiro atoms. The molecule has 0 aliphatic heterocycles. The van der Waals surface area contributed by atoms with Crippen molar-refractivity contribution in [2.75, 3.05) is 0 Å². The predicted octanol–water partition coefficient (Wildman–Crippen LogP) is -2.88. The van der Waals surface area contributed by atoms with E-state index in [2.05, 4.69) is 6.58 Å². The van der Waals surface area contributed by atoms with Gasteiger partial charge in [0.05, 0.1) is 6.20 Å². The minimum atomic E-state index is 0. The SMILES string of the molecule is C=C[n+]1ccn(O)c1.[I-]. The first-order valence-corrected chi connectivity index (χ1v) is 2.23. The summed E-state index contributed by atoms with van der Waals surface area (Å²) in [5.41, 5.74) is 0. The molecule has 0 saturated heterocycles. The molecule has 0 amide bonds. The maximum absolute atomic E-state index is 8.63. The number of imidazole rings is 1. The zero-order chi connectivity index (χ0) is 5.98. The van der Waals surface area contributed by atoms with Crippen molar-refractivity contribution in [1.29, 1.82) is 0 Å². The summed E-state index contributed by atoms with van der Waals surface area (Å²) in [6.45, 7) is 3.48. The third kappa shape index (κ3) is 2.05. The number of rotatable bonds is 1. The van der Waals surface area contributed by atoms with E-state index in [9.17, 15) is 0 Å². The minimum Gasteiger partial charge on any atom is -1.00 e. The first-order valence-electron chi connectivity index (χ1n) is 2.23. The molecule has 1 N–H and O–H groups in total. The normalized spacial score (nSPS) is 8.00. The fourth-order valence-corrected chi connectivity index (χ4v) is 0.467. The number of halogens is 1. The lowest BCUT2D eigenvalue weighted by Crippen LogP contribution is -3.00. The largest absolute Gasteiger partial charge is 1.00 e. The van der Waals surface area contributed by atoms with Crippen LogP contribution in [0.25, 0.3) is 6.20 Å². The summed E-state index contributed by atoms with van der Waals surface area (Å²) < 4.78 is 2.60. The van der Waals surface area contributed by atoms with Crippen LogP contribution in [-0.2, 0) is 0 Å². The molecule has 1 aromatic heterocycles. The zero-order valence-electron chi connectivity index (χ0n) is 4.74. The maximum Gasteiger partial charge on any atom is 0.288 e. The van der Waals surface area contributed by atoms with Crippen molar-refractivity contribution >= 4 is 6.20 Å². The maximum atomic E-state index is 8.63. The highest BCUT2D eigenvalue weighted by Gasteiger charge is 1.93. The Balaban J connectivity index is 0.000000640. The molecule has 0 radical (unpaired) electrons. The average Bonchev–Trinajstić information content (AvgIpc) is 2.14. The molecule has 3 nitrogen and oxygen atoms in total. The van der Waals surface area contributed by atoms with Gasteiger partial charge < -0.3 is 29.2 Å². The quantitative estimate of drug-likeness (QED) is 0.318. The van der Waals surface area contributed by atoms with E-state index in [-0.39, 0.29) is 24.0 Å². The summed E-state index contributed by atoms with van der Waals surface area (Å²) in [4.78, 5) is 0. The smallest absolute Gasteiger partial charge is 0.288 e. The van der Waals surface area contributed by atoms with Crippen LogP contribution in [0.4, 0.5) is 0 Å². The molecular weight excluding hydrogens is 231 g/mol. The van der Waals surface area contributed by atoms with Crippen LogP contribution in [0.5, 0.6) is 0 Å². The molecule has 0 unspecified atom stereocenters. The molecule has 0 aromatic carbocycles. The lowest BCUT2D eigenvalue weighted by Gasteiger charge is -1.73. The van der Waals surface area contributed by atoms with E-state index in [0.717, 1.165) is 4.73 Å². The fourth-order valence-electron chi connectivity index (χ4n) is 0.467. The highest BCUT2D eigenvalue weighted by Crippen LogP contribution is 1.73. The van der Waals surface area contributed by atoms with Crippen LogP contribution in [0.2, 0.25) is 0 Å². The zero-order valence-corrected chi connectivity index (χ0v) is 6.89. The Morgan fingerprint density at radius 1 is 1.67 bits per heavy atom. The Kier molecular flexibility index (Phi) is 3.29. The topological polar surface area (TPSA) is 29.0 Å². The summed E-state index contributed by atoms with van der Waals surface area (Å²) in [5, 5.41) is 8.63. The summed E-state index contributed by atoms with van der Waals surface area (Å²) in [7, 11) is 0. The summed E-state index contributed by atoms with van der Waals surface area (Å²) >= 11 is 0. The lowest BCUT2D eigenvalue weighted by molar-refractivity contribution is -0.568. The van der Waals surface area contributed by atoms with E-state index in [0.29, 0.717) is 0 Å². The van der Waals surface area contributed by atoms with E-state index < -0.39 is 0 Å². The van der Waals surface area contributed by atoms with Crippen molar-refractivity contribution < 1.29 is 33.8 Å². The Morgan fingerprint density at radius 2 is 2.33 bits per heavy atom. The molecule has 0 aliphatic rings. The molecule has 0 aliphatic carbocycles. The van der Waals surface area contributed by atoms with E-state index in [1.54, 1.807) is 17.0 Å². The van der Waals surface area contributed by atoms with Gasteiger partial charge in [-0.3, -0.25) is 0 Å². The van der Waals surface area contributed by atoms with Crippen LogP contribution >= 0.6 is 0 Å². The number of hydrogen-bond acceptors (Lipinski definition) is 1. The highest BCUT2D eigenvalue weighted by molar-refractivity contribution is 4.94. The molecule has 1 heterocycles. The van der Waals surface area contributed by atoms with Gasteiger partial charge in [-0.05, 0) is 0 Å². The van der Waals surface area contributed by atoms with Gasteiger partial charge in [-0.15, -0.1) is 0 Å². The van der Waals surface area contributed by atoms with Gasteiger partial charge in [0.25, 0.3) is 6.33 Å². The van der Waals surface area contributed by atoms with Gasteiger partial charge in [-0.1, -0.05) is 11.3 Å². The Labute approximate surface area is 70.2 Å². The molecule has 0 atom stereocenters. The molecule has 9 heavy (non-hydrogen) atoms. The number of aromatic nitrogens is 2. The third-order valence-electron chi connectivity index (χ3n) is 0.854. The van der Waals surface area contributed by atoms with E-state index in [4.69, 9.17) is 5.21 Å². The molecule has 4 heteroatoms. The Morgan fingerprint density at radius 3 is 2.56 bits per heavy atom. The number of nitrogens with zero attached hydrogens (tertiary/aromatic N) is 2. The summed E-state index contributed by atoms with van der Waals surface area (Å²) in [5.74, 6) is 0.